The van der Waals surface area contributed by atoms with Crippen LogP contribution in [0.5, 0.6) is 0 Å². The highest BCUT2D eigenvalue weighted by atomic mass is 79.9. The van der Waals surface area contributed by atoms with Crippen molar-refractivity contribution in [3.05, 3.63) is 46.8 Å². The molecule has 0 aliphatic carbocycles. The third-order valence-corrected chi connectivity index (χ3v) is 4.22. The molecule has 0 radical (unpaired) electrons. The highest BCUT2D eigenvalue weighted by Crippen LogP contribution is 2.28. The molecule has 1 N–H and O–H groups in total. The zero-order valence-electron chi connectivity index (χ0n) is 10.6. The van der Waals surface area contributed by atoms with Gasteiger partial charge < -0.3 is 5.32 Å². The van der Waals surface area contributed by atoms with Gasteiger partial charge in [0, 0.05) is 22.2 Å². The Balaban J connectivity index is 1.93. The second-order valence-corrected chi connectivity index (χ2v) is 5.66. The Morgan fingerprint density at radius 1 is 1.11 bits per heavy atom. The van der Waals surface area contributed by atoms with Gasteiger partial charge in [-0.25, -0.2) is 9.97 Å². The zero-order valence-corrected chi connectivity index (χ0v) is 12.2. The Hall–Kier alpha value is -1.26. The summed E-state index contributed by atoms with van der Waals surface area (Å²) in [7, 11) is 0. The van der Waals surface area contributed by atoms with E-state index >= 15 is 0 Å². The lowest BCUT2D eigenvalue weighted by Gasteiger charge is -2.21. The van der Waals surface area contributed by atoms with E-state index in [1.165, 1.54) is 0 Å². The van der Waals surface area contributed by atoms with Crippen molar-refractivity contribution in [3.8, 4) is 11.3 Å². The Labute approximate surface area is 121 Å². The minimum absolute atomic E-state index is 0.490. The molecule has 1 fully saturated rings. The monoisotopic (exact) mass is 317 g/mol. The molecule has 3 nitrogen and oxygen atoms in total. The van der Waals surface area contributed by atoms with Crippen LogP contribution >= 0.6 is 15.9 Å². The van der Waals surface area contributed by atoms with Gasteiger partial charge in [-0.2, -0.15) is 0 Å². The number of nitrogens with one attached hydrogen (secondary N) is 1. The molecule has 0 spiro atoms. The number of hydrogen-bond donors (Lipinski definition) is 1. The Morgan fingerprint density at radius 3 is 2.68 bits per heavy atom. The van der Waals surface area contributed by atoms with E-state index in [2.05, 4.69) is 32.3 Å². The lowest BCUT2D eigenvalue weighted by Crippen LogP contribution is -2.27. The van der Waals surface area contributed by atoms with Gasteiger partial charge in [0.15, 0.2) is 0 Å². The lowest BCUT2D eigenvalue weighted by molar-refractivity contribution is 0.445. The van der Waals surface area contributed by atoms with E-state index in [-0.39, 0.29) is 0 Å². The second-order valence-electron chi connectivity index (χ2n) is 4.80. The minimum atomic E-state index is 0.490. The number of hydrogen-bond acceptors (Lipinski definition) is 3. The van der Waals surface area contributed by atoms with Crippen LogP contribution in [-0.2, 0) is 0 Å². The van der Waals surface area contributed by atoms with Crippen molar-refractivity contribution >= 4 is 15.9 Å². The summed E-state index contributed by atoms with van der Waals surface area (Å²) in [5, 5.41) is 3.38. The average Bonchev–Trinajstić information content (AvgIpc) is 2.49. The van der Waals surface area contributed by atoms with Gasteiger partial charge in [-0.1, -0.05) is 34.1 Å². The molecule has 98 valence electrons. The highest BCUT2D eigenvalue weighted by Gasteiger charge is 2.18. The Morgan fingerprint density at radius 2 is 1.89 bits per heavy atom. The molecule has 3 rings (SSSR count). The maximum Gasteiger partial charge on any atom is 0.132 e. The van der Waals surface area contributed by atoms with Crippen molar-refractivity contribution in [2.24, 2.45) is 0 Å². The summed E-state index contributed by atoms with van der Waals surface area (Å²) >= 11 is 3.58. The maximum atomic E-state index is 4.76. The SMILES string of the molecule is Brc1ccccc1-c1ccnc(C2CCNCC2)n1. The molecule has 0 atom stereocenters. The van der Waals surface area contributed by atoms with E-state index in [0.29, 0.717) is 5.92 Å². The fourth-order valence-electron chi connectivity index (χ4n) is 2.47. The van der Waals surface area contributed by atoms with Gasteiger partial charge in [-0.15, -0.1) is 0 Å². The van der Waals surface area contributed by atoms with E-state index in [4.69, 9.17) is 4.98 Å². The molecule has 1 saturated heterocycles. The third kappa shape index (κ3) is 2.85. The van der Waals surface area contributed by atoms with Crippen LogP contribution in [0.15, 0.2) is 41.0 Å². The Bertz CT molecular complexity index is 565. The molecule has 0 saturated carbocycles. The van der Waals surface area contributed by atoms with E-state index in [0.717, 1.165) is 47.5 Å². The highest BCUT2D eigenvalue weighted by molar-refractivity contribution is 9.10. The van der Waals surface area contributed by atoms with Crippen molar-refractivity contribution in [2.45, 2.75) is 18.8 Å². The smallest absolute Gasteiger partial charge is 0.132 e. The molecule has 2 aromatic rings. The summed E-state index contributed by atoms with van der Waals surface area (Å²) in [5.41, 5.74) is 2.12. The molecule has 4 heteroatoms. The topological polar surface area (TPSA) is 37.8 Å². The molecule has 2 heterocycles. The van der Waals surface area contributed by atoms with E-state index in [1.807, 2.05) is 30.5 Å². The fourth-order valence-corrected chi connectivity index (χ4v) is 2.96. The molecule has 0 amide bonds. The summed E-state index contributed by atoms with van der Waals surface area (Å²) in [5.74, 6) is 1.47. The quantitative estimate of drug-likeness (QED) is 0.922. The number of aromatic nitrogens is 2. The summed E-state index contributed by atoms with van der Waals surface area (Å²) in [6.45, 7) is 2.13. The molecule has 1 aromatic heterocycles. The predicted molar refractivity (Wildman–Crippen MR) is 80.0 cm³/mol. The van der Waals surface area contributed by atoms with Crippen LogP contribution in [0.4, 0.5) is 0 Å². The van der Waals surface area contributed by atoms with Gasteiger partial charge in [-0.05, 0) is 38.1 Å². The largest absolute Gasteiger partial charge is 0.317 e. The van der Waals surface area contributed by atoms with Gasteiger partial charge in [0.25, 0.3) is 0 Å². The summed E-state index contributed by atoms with van der Waals surface area (Å²) in [4.78, 5) is 9.22. The normalized spacial score (nSPS) is 16.5. The average molecular weight is 318 g/mol. The van der Waals surface area contributed by atoms with E-state index in [9.17, 15) is 0 Å². The van der Waals surface area contributed by atoms with Crippen LogP contribution in [0.3, 0.4) is 0 Å². The fraction of sp³-hybridized carbons (Fsp3) is 0.333. The number of benzene rings is 1. The van der Waals surface area contributed by atoms with Gasteiger partial charge in [-0.3, -0.25) is 0 Å². The van der Waals surface area contributed by atoms with Gasteiger partial charge >= 0.3 is 0 Å². The van der Waals surface area contributed by atoms with Crippen LogP contribution in [0.2, 0.25) is 0 Å². The van der Waals surface area contributed by atoms with Crippen LogP contribution < -0.4 is 5.32 Å². The molecule has 1 aliphatic rings. The van der Waals surface area contributed by atoms with Gasteiger partial charge in [0.2, 0.25) is 0 Å². The zero-order chi connectivity index (χ0) is 13.1. The third-order valence-electron chi connectivity index (χ3n) is 3.53. The van der Waals surface area contributed by atoms with Gasteiger partial charge in [0.1, 0.15) is 5.82 Å². The molecule has 19 heavy (non-hydrogen) atoms. The first-order valence-corrected chi connectivity index (χ1v) is 7.42. The number of halogens is 1. The number of rotatable bonds is 2. The minimum Gasteiger partial charge on any atom is -0.317 e. The summed E-state index contributed by atoms with van der Waals surface area (Å²) < 4.78 is 1.07. The van der Waals surface area contributed by atoms with Crippen LogP contribution in [0.25, 0.3) is 11.3 Å². The van der Waals surface area contributed by atoms with Gasteiger partial charge in [0.05, 0.1) is 5.69 Å². The lowest BCUT2D eigenvalue weighted by atomic mass is 9.97. The van der Waals surface area contributed by atoms with Crippen molar-refractivity contribution in [3.63, 3.8) is 0 Å². The molecule has 1 aromatic carbocycles. The van der Waals surface area contributed by atoms with E-state index < -0.39 is 0 Å². The molecular formula is C15H16BrN3. The first-order valence-electron chi connectivity index (χ1n) is 6.63. The molecule has 1 aliphatic heterocycles. The van der Waals surface area contributed by atoms with Crippen molar-refractivity contribution in [1.29, 1.82) is 0 Å². The maximum absolute atomic E-state index is 4.76. The number of nitrogens with zero attached hydrogens (tertiary/aromatic N) is 2. The Kier molecular flexibility index (Phi) is 3.89. The number of piperidine rings is 1. The first kappa shape index (κ1) is 12.8. The standard InChI is InChI=1S/C15H16BrN3/c16-13-4-2-1-3-12(13)14-7-10-18-15(19-14)11-5-8-17-9-6-11/h1-4,7,10-11,17H,5-6,8-9H2. The van der Waals surface area contributed by atoms with Crippen LogP contribution in [0.1, 0.15) is 24.6 Å². The molecule has 0 bridgehead atoms. The summed E-state index contributed by atoms with van der Waals surface area (Å²) in [6, 6.07) is 10.2. The molecule has 0 unspecified atom stereocenters. The second kappa shape index (κ2) is 5.80. The summed E-state index contributed by atoms with van der Waals surface area (Å²) in [6.07, 6.45) is 4.12. The van der Waals surface area contributed by atoms with Crippen molar-refractivity contribution in [2.75, 3.05) is 13.1 Å². The van der Waals surface area contributed by atoms with Crippen LogP contribution in [-0.4, -0.2) is 23.1 Å². The predicted octanol–water partition coefficient (Wildman–Crippen LogP) is 3.37. The van der Waals surface area contributed by atoms with Crippen LogP contribution in [0, 0.1) is 0 Å². The van der Waals surface area contributed by atoms with Crippen molar-refractivity contribution < 1.29 is 0 Å². The van der Waals surface area contributed by atoms with E-state index in [1.54, 1.807) is 0 Å². The molecular weight excluding hydrogens is 302 g/mol. The van der Waals surface area contributed by atoms with Crippen molar-refractivity contribution in [1.82, 2.24) is 15.3 Å². The first-order chi connectivity index (χ1) is 9.34.